The minimum Gasteiger partial charge on any atom is -0.465 e. The molecule has 5 nitrogen and oxygen atoms in total. The maximum absolute atomic E-state index is 5.46. The molecule has 0 spiro atoms. The van der Waals surface area contributed by atoms with E-state index in [1.807, 2.05) is 6.92 Å². The molecule has 6 heteroatoms. The molecule has 0 saturated carbocycles. The van der Waals surface area contributed by atoms with Crippen LogP contribution in [0, 0.1) is 19.8 Å². The standard InChI is InChI=1S/C19H27BrN4O/c1-4-25-19-22-17(18(20)23-19)12-24-7-5-6-15(11-24)10-16-8-13(2)21-14(3)9-16/h8-9,15H,4-7,10-12H2,1-3H3,(H,22,23)/t15-/m1/s1. The van der Waals surface area contributed by atoms with Crippen molar-refractivity contribution in [3.05, 3.63) is 39.4 Å². The van der Waals surface area contributed by atoms with Crippen LogP contribution in [0.2, 0.25) is 0 Å². The Morgan fingerprint density at radius 3 is 2.76 bits per heavy atom. The van der Waals surface area contributed by atoms with Crippen LogP contribution < -0.4 is 4.74 Å². The number of imidazole rings is 1. The van der Waals surface area contributed by atoms with E-state index >= 15 is 0 Å². The van der Waals surface area contributed by atoms with Crippen molar-refractivity contribution in [3.8, 4) is 6.01 Å². The van der Waals surface area contributed by atoms with Gasteiger partial charge in [0.05, 0.1) is 12.3 Å². The van der Waals surface area contributed by atoms with Gasteiger partial charge in [0.2, 0.25) is 0 Å². The maximum Gasteiger partial charge on any atom is 0.294 e. The number of aryl methyl sites for hydroxylation is 2. The molecule has 0 aliphatic carbocycles. The first-order chi connectivity index (χ1) is 12.0. The van der Waals surface area contributed by atoms with Crippen LogP contribution in [-0.2, 0) is 13.0 Å². The van der Waals surface area contributed by atoms with Gasteiger partial charge in [-0.2, -0.15) is 4.98 Å². The number of hydrogen-bond donors (Lipinski definition) is 1. The van der Waals surface area contributed by atoms with E-state index in [-0.39, 0.29) is 0 Å². The first-order valence-corrected chi connectivity index (χ1v) is 9.86. The van der Waals surface area contributed by atoms with E-state index in [2.05, 4.69) is 61.8 Å². The third-order valence-corrected chi connectivity index (χ3v) is 5.29. The number of hydrogen-bond acceptors (Lipinski definition) is 4. The number of nitrogens with zero attached hydrogens (tertiary/aromatic N) is 3. The van der Waals surface area contributed by atoms with Crippen LogP contribution in [-0.4, -0.2) is 39.5 Å². The number of aromatic nitrogens is 3. The fourth-order valence-electron chi connectivity index (χ4n) is 3.73. The lowest BCUT2D eigenvalue weighted by Gasteiger charge is -2.32. The Bertz CT molecular complexity index is 695. The molecule has 0 aromatic carbocycles. The summed E-state index contributed by atoms with van der Waals surface area (Å²) in [4.78, 5) is 14.7. The Hall–Kier alpha value is -1.40. The monoisotopic (exact) mass is 406 g/mol. The van der Waals surface area contributed by atoms with Crippen molar-refractivity contribution in [1.82, 2.24) is 19.9 Å². The molecular formula is C19H27BrN4O. The molecule has 2 aromatic heterocycles. The first kappa shape index (κ1) is 18.4. The van der Waals surface area contributed by atoms with Crippen molar-refractivity contribution in [2.75, 3.05) is 19.7 Å². The maximum atomic E-state index is 5.46. The lowest BCUT2D eigenvalue weighted by Crippen LogP contribution is -2.36. The largest absolute Gasteiger partial charge is 0.465 e. The molecule has 1 fully saturated rings. The summed E-state index contributed by atoms with van der Waals surface area (Å²) in [5.74, 6) is 0.697. The summed E-state index contributed by atoms with van der Waals surface area (Å²) in [5.41, 5.74) is 4.75. The highest BCUT2D eigenvalue weighted by molar-refractivity contribution is 9.10. The van der Waals surface area contributed by atoms with Crippen molar-refractivity contribution in [2.24, 2.45) is 5.92 Å². The number of nitrogens with one attached hydrogen (secondary N) is 1. The Kier molecular flexibility index (Phi) is 6.12. The highest BCUT2D eigenvalue weighted by Gasteiger charge is 2.22. The van der Waals surface area contributed by atoms with E-state index in [0.717, 1.165) is 47.7 Å². The summed E-state index contributed by atoms with van der Waals surface area (Å²) in [6, 6.07) is 5.05. The second-order valence-corrected chi connectivity index (χ2v) is 7.70. The minimum absolute atomic E-state index is 0.598. The SMILES string of the molecule is CCOc1nc(Br)c(CN2CCC[C@H](Cc3cc(C)nc(C)c3)C2)[nH]1. The van der Waals surface area contributed by atoms with E-state index in [1.54, 1.807) is 0 Å². The number of pyridine rings is 1. The van der Waals surface area contributed by atoms with Gasteiger partial charge in [-0.05, 0) is 86.1 Å². The second kappa shape index (κ2) is 8.32. The molecule has 0 amide bonds. The van der Waals surface area contributed by atoms with E-state index in [9.17, 15) is 0 Å². The molecule has 0 unspecified atom stereocenters. The number of H-pyrrole nitrogens is 1. The van der Waals surface area contributed by atoms with Crippen LogP contribution in [0.3, 0.4) is 0 Å². The quantitative estimate of drug-likeness (QED) is 0.786. The third kappa shape index (κ3) is 5.05. The molecule has 0 radical (unpaired) electrons. The van der Waals surface area contributed by atoms with Gasteiger partial charge in [0.25, 0.3) is 6.01 Å². The predicted molar refractivity (Wildman–Crippen MR) is 103 cm³/mol. The molecule has 1 atom stereocenters. The Labute approximate surface area is 158 Å². The van der Waals surface area contributed by atoms with Crippen LogP contribution in [0.1, 0.15) is 42.4 Å². The number of ether oxygens (including phenoxy) is 1. The molecule has 2 aromatic rings. The van der Waals surface area contributed by atoms with Gasteiger partial charge in [-0.3, -0.25) is 9.88 Å². The van der Waals surface area contributed by atoms with Crippen LogP contribution >= 0.6 is 15.9 Å². The molecule has 25 heavy (non-hydrogen) atoms. The number of piperidine rings is 1. The highest BCUT2D eigenvalue weighted by atomic mass is 79.9. The molecule has 1 N–H and O–H groups in total. The molecule has 1 aliphatic rings. The smallest absolute Gasteiger partial charge is 0.294 e. The Morgan fingerprint density at radius 2 is 2.04 bits per heavy atom. The van der Waals surface area contributed by atoms with Crippen LogP contribution in [0.25, 0.3) is 0 Å². The van der Waals surface area contributed by atoms with Crippen LogP contribution in [0.4, 0.5) is 0 Å². The molecule has 3 heterocycles. The predicted octanol–water partition coefficient (Wildman–Crippen LogP) is 4.04. The van der Waals surface area contributed by atoms with Gasteiger partial charge in [-0.25, -0.2) is 0 Å². The first-order valence-electron chi connectivity index (χ1n) is 9.07. The molecule has 1 aliphatic heterocycles. The van der Waals surface area contributed by atoms with Crippen molar-refractivity contribution >= 4 is 15.9 Å². The normalized spacial score (nSPS) is 18.5. The number of likely N-dealkylation sites (tertiary alicyclic amines) is 1. The summed E-state index contributed by atoms with van der Waals surface area (Å²) in [6.07, 6.45) is 3.68. The lowest BCUT2D eigenvalue weighted by atomic mass is 9.91. The average molecular weight is 407 g/mol. The van der Waals surface area contributed by atoms with Gasteiger partial charge >= 0.3 is 0 Å². The summed E-state index contributed by atoms with van der Waals surface area (Å²) in [6.45, 7) is 9.89. The third-order valence-electron chi connectivity index (χ3n) is 4.64. The summed E-state index contributed by atoms with van der Waals surface area (Å²) < 4.78 is 6.32. The van der Waals surface area contributed by atoms with Crippen molar-refractivity contribution < 1.29 is 4.74 Å². The summed E-state index contributed by atoms with van der Waals surface area (Å²) in [5, 5.41) is 0. The lowest BCUT2D eigenvalue weighted by molar-refractivity contribution is 0.165. The highest BCUT2D eigenvalue weighted by Crippen LogP contribution is 2.25. The van der Waals surface area contributed by atoms with Gasteiger partial charge in [0.15, 0.2) is 0 Å². The number of halogens is 1. The zero-order chi connectivity index (χ0) is 17.8. The van der Waals surface area contributed by atoms with Crippen molar-refractivity contribution in [1.29, 1.82) is 0 Å². The fourth-order valence-corrected chi connectivity index (χ4v) is 4.12. The van der Waals surface area contributed by atoms with E-state index in [4.69, 9.17) is 4.74 Å². The van der Waals surface area contributed by atoms with Crippen molar-refractivity contribution in [2.45, 2.75) is 46.6 Å². The van der Waals surface area contributed by atoms with Gasteiger partial charge in [-0.15, -0.1) is 0 Å². The molecule has 1 saturated heterocycles. The van der Waals surface area contributed by atoms with Gasteiger partial charge in [0, 0.05) is 24.5 Å². The fraction of sp³-hybridized carbons (Fsp3) is 0.579. The molecule has 3 rings (SSSR count). The van der Waals surface area contributed by atoms with Gasteiger partial charge in [-0.1, -0.05) is 0 Å². The van der Waals surface area contributed by atoms with E-state index in [1.165, 1.54) is 18.4 Å². The Balaban J connectivity index is 1.61. The average Bonchev–Trinajstić information content (AvgIpc) is 2.86. The van der Waals surface area contributed by atoms with Crippen LogP contribution in [0.5, 0.6) is 6.01 Å². The summed E-state index contributed by atoms with van der Waals surface area (Å²) >= 11 is 3.54. The summed E-state index contributed by atoms with van der Waals surface area (Å²) in [7, 11) is 0. The number of aromatic amines is 1. The van der Waals surface area contributed by atoms with E-state index < -0.39 is 0 Å². The topological polar surface area (TPSA) is 54.0 Å². The second-order valence-electron chi connectivity index (χ2n) is 6.95. The molecule has 0 bridgehead atoms. The van der Waals surface area contributed by atoms with Gasteiger partial charge in [0.1, 0.15) is 4.60 Å². The van der Waals surface area contributed by atoms with Crippen molar-refractivity contribution in [3.63, 3.8) is 0 Å². The van der Waals surface area contributed by atoms with E-state index in [0.29, 0.717) is 18.5 Å². The van der Waals surface area contributed by atoms with Gasteiger partial charge < -0.3 is 9.72 Å². The zero-order valence-electron chi connectivity index (χ0n) is 15.3. The zero-order valence-corrected chi connectivity index (χ0v) is 16.9. The Morgan fingerprint density at radius 1 is 1.28 bits per heavy atom. The number of rotatable bonds is 6. The van der Waals surface area contributed by atoms with Crippen LogP contribution in [0.15, 0.2) is 16.7 Å². The molecule has 136 valence electrons. The molecular weight excluding hydrogens is 380 g/mol. The minimum atomic E-state index is 0.598.